The van der Waals surface area contributed by atoms with E-state index in [-0.39, 0.29) is 42.6 Å². The Morgan fingerprint density at radius 3 is 2.58 bits per heavy atom. The second-order valence-electron chi connectivity index (χ2n) is 9.01. The number of aliphatic hydroxyl groups is 1. The van der Waals surface area contributed by atoms with Gasteiger partial charge in [-0.3, -0.25) is 9.59 Å². The fraction of sp³-hybridized carbons (Fsp3) is 0.310. The van der Waals surface area contributed by atoms with E-state index in [1.54, 1.807) is 59.9 Å². The number of hydrogen-bond acceptors (Lipinski definition) is 7. The zero-order valence-corrected chi connectivity index (χ0v) is 22.1. The zero-order valence-electron chi connectivity index (χ0n) is 21.3. The van der Waals surface area contributed by atoms with Gasteiger partial charge in [-0.1, -0.05) is 24.3 Å². The second-order valence-corrected chi connectivity index (χ2v) is 9.79. The van der Waals surface area contributed by atoms with Crippen LogP contribution >= 0.6 is 11.3 Å². The van der Waals surface area contributed by atoms with Crippen LogP contribution in [0.25, 0.3) is 0 Å². The number of allylic oxidation sites excluding steroid dienone is 1. The third-order valence-corrected chi connectivity index (χ3v) is 7.14. The van der Waals surface area contributed by atoms with Crippen LogP contribution in [0.1, 0.15) is 47.2 Å². The van der Waals surface area contributed by atoms with E-state index in [9.17, 15) is 14.7 Å². The second kappa shape index (κ2) is 13.2. The maximum Gasteiger partial charge on any atom is 0.286 e. The van der Waals surface area contributed by atoms with E-state index in [4.69, 9.17) is 15.2 Å². The molecular weight excluding hydrogens is 502 g/mol. The van der Waals surface area contributed by atoms with Crippen molar-refractivity contribution < 1.29 is 24.2 Å². The Balaban J connectivity index is 1.41. The van der Waals surface area contributed by atoms with Crippen LogP contribution < -0.4 is 16.4 Å². The van der Waals surface area contributed by atoms with E-state index in [0.29, 0.717) is 36.4 Å². The fourth-order valence-corrected chi connectivity index (χ4v) is 5.17. The zero-order chi connectivity index (χ0) is 26.9. The number of ether oxygens (including phenoxy) is 2. The van der Waals surface area contributed by atoms with Gasteiger partial charge in [-0.05, 0) is 78.1 Å². The normalized spacial score (nSPS) is 18.8. The van der Waals surface area contributed by atoms with Gasteiger partial charge in [-0.15, -0.1) is 0 Å². The number of para-hydroxylation sites is 2. The minimum absolute atomic E-state index is 0.0156. The number of hydrogen-bond donors (Lipinski definition) is 4. The van der Waals surface area contributed by atoms with Crippen LogP contribution in [0.4, 0.5) is 11.4 Å². The highest BCUT2D eigenvalue weighted by molar-refractivity contribution is 7.08. The molecule has 9 heteroatoms. The van der Waals surface area contributed by atoms with Gasteiger partial charge < -0.3 is 30.9 Å². The highest BCUT2D eigenvalue weighted by Crippen LogP contribution is 2.40. The summed E-state index contributed by atoms with van der Waals surface area (Å²) < 4.78 is 11.9. The standard InChI is InChI=1S/C29H33N3O5S/c1-2-36-29-22(6-5-14-33)23(21-13-15-38-18-21)16-26(37-29)28(35)31-17-19-9-11-20(12-10-19)27(34)32-25-8-4-3-7-24(25)30/h3-4,7-13,15-16,18,22-23,29,33H,2,5-6,14,17,30H2,1H3,(H,31,35)(H,32,34)/t22-,23-,29-/m1/s1. The molecule has 3 aromatic rings. The van der Waals surface area contributed by atoms with Gasteiger partial charge in [0.25, 0.3) is 11.8 Å². The van der Waals surface area contributed by atoms with E-state index < -0.39 is 6.29 Å². The molecule has 3 atom stereocenters. The third kappa shape index (κ3) is 6.80. The number of carbonyl (C=O) groups excluding carboxylic acids is 2. The smallest absolute Gasteiger partial charge is 0.286 e. The summed E-state index contributed by atoms with van der Waals surface area (Å²) in [6.07, 6.45) is 2.61. The summed E-state index contributed by atoms with van der Waals surface area (Å²) in [5.74, 6) is -0.460. The first kappa shape index (κ1) is 27.4. The Labute approximate surface area is 226 Å². The number of aliphatic hydroxyl groups excluding tert-OH is 1. The summed E-state index contributed by atoms with van der Waals surface area (Å²) in [4.78, 5) is 25.7. The number of nitrogens with one attached hydrogen (secondary N) is 2. The van der Waals surface area contributed by atoms with Crippen molar-refractivity contribution in [2.75, 3.05) is 24.3 Å². The molecule has 5 N–H and O–H groups in total. The predicted molar refractivity (Wildman–Crippen MR) is 149 cm³/mol. The first-order valence-corrected chi connectivity index (χ1v) is 13.6. The molecule has 0 bridgehead atoms. The van der Waals surface area contributed by atoms with Crippen molar-refractivity contribution in [1.29, 1.82) is 0 Å². The van der Waals surface area contributed by atoms with E-state index in [1.807, 2.05) is 24.4 Å². The molecule has 0 fully saturated rings. The lowest BCUT2D eigenvalue weighted by atomic mass is 9.81. The molecule has 2 aromatic carbocycles. The topological polar surface area (TPSA) is 123 Å². The molecule has 0 saturated carbocycles. The molecular formula is C29H33N3O5S. The largest absolute Gasteiger partial charge is 0.459 e. The molecule has 0 spiro atoms. The molecule has 0 radical (unpaired) electrons. The van der Waals surface area contributed by atoms with Crippen molar-refractivity contribution in [2.45, 2.75) is 38.5 Å². The molecule has 200 valence electrons. The van der Waals surface area contributed by atoms with Gasteiger partial charge in [-0.25, -0.2) is 0 Å². The number of nitrogens with two attached hydrogens (primary N) is 1. The molecule has 0 saturated heterocycles. The Bertz CT molecular complexity index is 1240. The summed E-state index contributed by atoms with van der Waals surface area (Å²) in [5, 5.41) is 19.2. The van der Waals surface area contributed by atoms with Crippen LogP contribution in [0, 0.1) is 5.92 Å². The van der Waals surface area contributed by atoms with Gasteiger partial charge >= 0.3 is 0 Å². The van der Waals surface area contributed by atoms with E-state index in [1.165, 1.54) is 0 Å². The summed E-state index contributed by atoms with van der Waals surface area (Å²) in [6.45, 7) is 2.69. The number of amides is 2. The van der Waals surface area contributed by atoms with Crippen LogP contribution in [-0.2, 0) is 20.8 Å². The number of rotatable bonds is 11. The summed E-state index contributed by atoms with van der Waals surface area (Å²) in [7, 11) is 0. The molecule has 1 aromatic heterocycles. The number of thiophene rings is 1. The number of anilines is 2. The Morgan fingerprint density at radius 1 is 1.11 bits per heavy atom. The van der Waals surface area contributed by atoms with Crippen LogP contribution in [0.15, 0.2) is 77.2 Å². The Hall–Kier alpha value is -3.66. The molecule has 1 aliphatic rings. The average molecular weight is 536 g/mol. The summed E-state index contributed by atoms with van der Waals surface area (Å²) in [6, 6.07) is 16.1. The predicted octanol–water partition coefficient (Wildman–Crippen LogP) is 4.65. The maximum atomic E-state index is 13.1. The van der Waals surface area contributed by atoms with Crippen molar-refractivity contribution in [1.82, 2.24) is 5.32 Å². The van der Waals surface area contributed by atoms with Crippen molar-refractivity contribution in [3.05, 3.63) is 93.9 Å². The lowest BCUT2D eigenvalue weighted by molar-refractivity contribution is -0.166. The van der Waals surface area contributed by atoms with Crippen molar-refractivity contribution in [2.24, 2.45) is 5.92 Å². The molecule has 0 aliphatic carbocycles. The number of nitrogen functional groups attached to an aromatic ring is 1. The van der Waals surface area contributed by atoms with E-state index in [2.05, 4.69) is 16.0 Å². The Kier molecular flexibility index (Phi) is 9.53. The Morgan fingerprint density at radius 2 is 1.89 bits per heavy atom. The van der Waals surface area contributed by atoms with E-state index >= 15 is 0 Å². The highest BCUT2D eigenvalue weighted by atomic mass is 32.1. The summed E-state index contributed by atoms with van der Waals surface area (Å²) >= 11 is 1.60. The first-order valence-electron chi connectivity index (χ1n) is 12.7. The van der Waals surface area contributed by atoms with Gasteiger partial charge in [0.15, 0.2) is 5.76 Å². The third-order valence-electron chi connectivity index (χ3n) is 6.44. The minimum Gasteiger partial charge on any atom is -0.459 e. The molecule has 8 nitrogen and oxygen atoms in total. The van der Waals surface area contributed by atoms with Gasteiger partial charge in [0.05, 0.1) is 11.4 Å². The van der Waals surface area contributed by atoms with Crippen LogP contribution in [0.3, 0.4) is 0 Å². The quantitative estimate of drug-likeness (QED) is 0.265. The lowest BCUT2D eigenvalue weighted by Crippen LogP contribution is -2.38. The molecule has 2 amide bonds. The molecule has 4 rings (SSSR count). The summed E-state index contributed by atoms with van der Waals surface area (Å²) in [5.41, 5.74) is 9.37. The van der Waals surface area contributed by atoms with Crippen molar-refractivity contribution >= 4 is 34.5 Å². The minimum atomic E-state index is -0.585. The van der Waals surface area contributed by atoms with Crippen LogP contribution in [0.5, 0.6) is 0 Å². The van der Waals surface area contributed by atoms with Gasteiger partial charge in [0.1, 0.15) is 0 Å². The molecule has 0 unspecified atom stereocenters. The lowest BCUT2D eigenvalue weighted by Gasteiger charge is -2.36. The molecule has 38 heavy (non-hydrogen) atoms. The number of benzene rings is 2. The maximum absolute atomic E-state index is 13.1. The van der Waals surface area contributed by atoms with Crippen LogP contribution in [0.2, 0.25) is 0 Å². The van der Waals surface area contributed by atoms with Gasteiger partial charge in [-0.2, -0.15) is 11.3 Å². The van der Waals surface area contributed by atoms with Crippen molar-refractivity contribution in [3.8, 4) is 0 Å². The van der Waals surface area contributed by atoms with Crippen LogP contribution in [-0.4, -0.2) is 36.4 Å². The first-order chi connectivity index (χ1) is 18.5. The van der Waals surface area contributed by atoms with E-state index in [0.717, 1.165) is 11.1 Å². The molecule has 1 aliphatic heterocycles. The average Bonchev–Trinajstić information content (AvgIpc) is 3.47. The fourth-order valence-electron chi connectivity index (χ4n) is 4.46. The van der Waals surface area contributed by atoms with Gasteiger partial charge in [0.2, 0.25) is 6.29 Å². The van der Waals surface area contributed by atoms with Gasteiger partial charge in [0, 0.05) is 37.2 Å². The molecule has 2 heterocycles. The van der Waals surface area contributed by atoms with Crippen molar-refractivity contribution in [3.63, 3.8) is 0 Å². The number of carbonyl (C=O) groups is 2. The monoisotopic (exact) mass is 535 g/mol. The highest BCUT2D eigenvalue weighted by Gasteiger charge is 2.37. The SMILES string of the molecule is CCO[C@@H]1OC(C(=O)NCc2ccc(C(=O)Nc3ccccc3N)cc2)=C[C@H](c2ccsc2)[C@H]1CCCO.